The van der Waals surface area contributed by atoms with Gasteiger partial charge in [0.2, 0.25) is 0 Å². The number of benzene rings is 8. The van der Waals surface area contributed by atoms with Gasteiger partial charge in [0.1, 0.15) is 5.75 Å². The van der Waals surface area contributed by atoms with Crippen LogP contribution in [0.4, 0.5) is 4.32 Å². The van der Waals surface area contributed by atoms with E-state index in [0.717, 1.165) is 101 Å². The first-order chi connectivity index (χ1) is 31.9. The van der Waals surface area contributed by atoms with Crippen molar-refractivity contribution < 1.29 is 13.8 Å². The van der Waals surface area contributed by atoms with E-state index in [4.69, 9.17) is 9.73 Å². The summed E-state index contributed by atoms with van der Waals surface area (Å²) in [5, 5.41) is 10.2. The van der Waals surface area contributed by atoms with E-state index in [-0.39, 0.29) is 5.97 Å². The summed E-state index contributed by atoms with van der Waals surface area (Å²) >= 11 is 0. The summed E-state index contributed by atoms with van der Waals surface area (Å²) in [6.07, 6.45) is 9.81. The van der Waals surface area contributed by atoms with Crippen LogP contribution in [0.5, 0.6) is 5.75 Å². The SMILES string of the molecule is Cc1cc(OC(=O)CCCc2ccc3c4cccc5cccc(c6cccc2c63)c54)cc(C)c1/C(=C1\C=C2CCCc3ccccc3C2=N1)c1cc2c(n1BF)-c1ccccc1CCC2. The molecule has 1 aromatic heterocycles. The van der Waals surface area contributed by atoms with Crippen LogP contribution in [-0.2, 0) is 30.5 Å². The number of carbonyl (C=O) groups excluding carboxylic acids is 1. The number of aryl methyl sites for hydroxylation is 6. The largest absolute Gasteiger partial charge is 0.449 e. The van der Waals surface area contributed by atoms with Gasteiger partial charge in [0.05, 0.1) is 11.4 Å². The Morgan fingerprint density at radius 1 is 0.677 bits per heavy atom. The van der Waals surface area contributed by atoms with Crippen molar-refractivity contribution in [3.05, 3.63) is 201 Å². The van der Waals surface area contributed by atoms with Crippen molar-refractivity contribution in [1.29, 1.82) is 0 Å². The highest BCUT2D eigenvalue weighted by Crippen LogP contribution is 2.45. The van der Waals surface area contributed by atoms with Crippen molar-refractivity contribution in [2.24, 2.45) is 4.99 Å². The molecular formula is C59H48BFN2O2. The van der Waals surface area contributed by atoms with Crippen LogP contribution in [0.3, 0.4) is 0 Å². The van der Waals surface area contributed by atoms with E-state index in [0.29, 0.717) is 18.6 Å². The van der Waals surface area contributed by atoms with Crippen molar-refractivity contribution in [2.75, 3.05) is 0 Å². The van der Waals surface area contributed by atoms with E-state index in [1.165, 1.54) is 70.9 Å². The Bertz CT molecular complexity index is 3460. The molecule has 12 rings (SSSR count). The molecule has 6 heteroatoms. The maximum absolute atomic E-state index is 15.8. The Hall–Kier alpha value is -7.05. The molecule has 2 aliphatic carbocycles. The molecule has 0 unspecified atom stereocenters. The minimum absolute atomic E-state index is 0.252. The fourth-order valence-electron chi connectivity index (χ4n) is 11.6. The summed E-state index contributed by atoms with van der Waals surface area (Å²) in [5.74, 6) is 0.270. The summed E-state index contributed by atoms with van der Waals surface area (Å²) in [5.41, 5.74) is 15.9. The van der Waals surface area contributed by atoms with Crippen LogP contribution < -0.4 is 4.74 Å². The molecule has 0 bridgehead atoms. The third-order valence-corrected chi connectivity index (χ3v) is 14.4. The number of hydrogen-bond donors (Lipinski definition) is 0. The Kier molecular flexibility index (Phi) is 9.66. The van der Waals surface area contributed by atoms with Crippen LogP contribution in [-0.4, -0.2) is 23.9 Å². The number of carbonyl (C=O) groups is 1. The molecule has 0 atom stereocenters. The lowest BCUT2D eigenvalue weighted by Gasteiger charge is -2.20. The van der Waals surface area contributed by atoms with Crippen molar-refractivity contribution in [1.82, 2.24) is 4.48 Å². The van der Waals surface area contributed by atoms with Gasteiger partial charge in [-0.2, -0.15) is 0 Å². The van der Waals surface area contributed by atoms with Crippen LogP contribution in [0.15, 0.2) is 156 Å². The molecule has 0 spiro atoms. The lowest BCUT2D eigenvalue weighted by atomic mass is 9.87. The first kappa shape index (κ1) is 39.5. The monoisotopic (exact) mass is 846 g/mol. The molecule has 0 amide bonds. The lowest BCUT2D eigenvalue weighted by molar-refractivity contribution is -0.134. The van der Waals surface area contributed by atoms with Gasteiger partial charge in [0.25, 0.3) is 0 Å². The second-order valence-corrected chi connectivity index (χ2v) is 18.3. The molecule has 316 valence electrons. The van der Waals surface area contributed by atoms with Gasteiger partial charge < -0.3 is 13.5 Å². The maximum atomic E-state index is 15.8. The second-order valence-electron chi connectivity index (χ2n) is 18.3. The zero-order valence-corrected chi connectivity index (χ0v) is 36.9. The van der Waals surface area contributed by atoms with Gasteiger partial charge in [-0.25, -0.2) is 4.99 Å². The van der Waals surface area contributed by atoms with E-state index in [2.05, 4.69) is 141 Å². The Balaban J connectivity index is 0.877. The number of halogens is 1. The number of esters is 1. The van der Waals surface area contributed by atoms with E-state index in [1.54, 1.807) is 0 Å². The van der Waals surface area contributed by atoms with Crippen LogP contribution in [0, 0.1) is 13.8 Å². The quantitative estimate of drug-likeness (QED) is 0.0503. The average Bonchev–Trinajstić information content (AvgIpc) is 3.79. The molecule has 0 radical (unpaired) electrons. The summed E-state index contributed by atoms with van der Waals surface area (Å²) in [6, 6.07) is 47.5. The van der Waals surface area contributed by atoms with Crippen molar-refractivity contribution in [2.45, 2.75) is 71.6 Å². The molecule has 4 nitrogen and oxygen atoms in total. The van der Waals surface area contributed by atoms with E-state index in [1.807, 2.05) is 16.6 Å². The molecule has 2 heterocycles. The topological polar surface area (TPSA) is 43.6 Å². The molecule has 0 saturated carbocycles. The standard InChI is InChI=1S/C59H48BFN2O2/c1-35-31-43(65-53(64)28-11-17-39-29-30-50-48-26-10-19-40-18-9-25-47(55(40)48)49-27-12-24-44(39)56(49)50)32-36(2)54(35)57(51-33-41-20-7-15-37-13-3-5-22-45(37)58(41)62-51)52-34-42-21-8-16-38-14-4-6-23-46(38)59(42)63(52)60-61/h3-6,9-10,12-14,18-19,22-27,29-34,60H,7-8,11,15-17,20-21,28H2,1-2H3/b57-51+. The van der Waals surface area contributed by atoms with E-state index >= 15 is 4.32 Å². The van der Waals surface area contributed by atoms with Gasteiger partial charge in [-0.1, -0.05) is 115 Å². The lowest BCUT2D eigenvalue weighted by Crippen LogP contribution is -2.11. The van der Waals surface area contributed by atoms with Crippen LogP contribution in [0.2, 0.25) is 0 Å². The summed E-state index contributed by atoms with van der Waals surface area (Å²) in [4.78, 5) is 19.1. The second kappa shape index (κ2) is 15.9. The van der Waals surface area contributed by atoms with Gasteiger partial charge in [-0.05, 0) is 177 Å². The molecule has 65 heavy (non-hydrogen) atoms. The highest BCUT2D eigenvalue weighted by Gasteiger charge is 2.30. The van der Waals surface area contributed by atoms with Gasteiger partial charge in [0.15, 0.2) is 0 Å². The Morgan fingerprint density at radius 3 is 2.06 bits per heavy atom. The van der Waals surface area contributed by atoms with Gasteiger partial charge >= 0.3 is 13.7 Å². The smallest absolute Gasteiger partial charge is 0.427 e. The number of nitrogens with zero attached hydrogens (tertiary/aromatic N) is 2. The number of fused-ring (bicyclic) bond motifs is 8. The number of aliphatic imine (C=N–C) groups is 1. The van der Waals surface area contributed by atoms with Crippen molar-refractivity contribution in [3.63, 3.8) is 0 Å². The van der Waals surface area contributed by atoms with Crippen LogP contribution >= 0.6 is 0 Å². The molecular weight excluding hydrogens is 798 g/mol. The summed E-state index contributed by atoms with van der Waals surface area (Å²) < 4.78 is 23.8. The molecule has 0 fully saturated rings. The number of ether oxygens (including phenoxy) is 1. The highest BCUT2D eigenvalue weighted by atomic mass is 19.1. The van der Waals surface area contributed by atoms with E-state index in [9.17, 15) is 4.79 Å². The van der Waals surface area contributed by atoms with Gasteiger partial charge in [0, 0.05) is 34.5 Å². The minimum atomic E-state index is -0.662. The van der Waals surface area contributed by atoms with Crippen LogP contribution in [0.25, 0.3) is 59.9 Å². The molecule has 9 aromatic rings. The van der Waals surface area contributed by atoms with Gasteiger partial charge in [-0.3, -0.25) is 4.79 Å². The average molecular weight is 847 g/mol. The Labute approximate surface area is 379 Å². The minimum Gasteiger partial charge on any atom is -0.427 e. The number of aromatic nitrogens is 1. The van der Waals surface area contributed by atoms with Gasteiger partial charge in [-0.15, -0.1) is 0 Å². The first-order valence-corrected chi connectivity index (χ1v) is 23.3. The van der Waals surface area contributed by atoms with Crippen LogP contribution in [0.1, 0.15) is 82.3 Å². The number of rotatable bonds is 8. The molecule has 0 N–H and O–H groups in total. The molecule has 3 aliphatic rings. The normalized spacial score (nSPS) is 15.2. The van der Waals surface area contributed by atoms with E-state index < -0.39 is 7.69 Å². The molecule has 1 aliphatic heterocycles. The third-order valence-electron chi connectivity index (χ3n) is 14.4. The molecule has 0 saturated heterocycles. The fraction of sp³-hybridized carbons (Fsp3) is 0.186. The maximum Gasteiger partial charge on any atom is 0.449 e. The Morgan fingerprint density at radius 2 is 1.31 bits per heavy atom. The third kappa shape index (κ3) is 6.56. The zero-order valence-electron chi connectivity index (χ0n) is 36.9. The first-order valence-electron chi connectivity index (χ1n) is 23.3. The highest BCUT2D eigenvalue weighted by molar-refractivity contribution is 6.33. The number of allylic oxidation sites excluding steroid dienone is 2. The predicted octanol–water partition coefficient (Wildman–Crippen LogP) is 13.8. The van der Waals surface area contributed by atoms with Crippen molar-refractivity contribution >= 4 is 68.0 Å². The summed E-state index contributed by atoms with van der Waals surface area (Å²) in [6.45, 7) is 4.14. The zero-order chi connectivity index (χ0) is 43.8. The predicted molar refractivity (Wildman–Crippen MR) is 268 cm³/mol. The fourth-order valence-corrected chi connectivity index (χ4v) is 11.6. The number of hydrogen-bond acceptors (Lipinski definition) is 3. The summed E-state index contributed by atoms with van der Waals surface area (Å²) in [7, 11) is -0.662. The van der Waals surface area contributed by atoms with Crippen molar-refractivity contribution in [3.8, 4) is 17.0 Å². The molecule has 8 aromatic carbocycles.